The van der Waals surface area contributed by atoms with Gasteiger partial charge in [0.05, 0.1) is 12.2 Å². The summed E-state index contributed by atoms with van der Waals surface area (Å²) in [6.07, 6.45) is 4.41. The van der Waals surface area contributed by atoms with Gasteiger partial charge in [-0.15, -0.1) is 0 Å². The molecule has 0 aromatic carbocycles. The highest BCUT2D eigenvalue weighted by Crippen LogP contribution is 2.20. The number of amides is 2. The molecule has 2 amide bonds. The second kappa shape index (κ2) is 7.61. The number of nitrogens with one attached hydrogen (secondary N) is 1. The Hall–Kier alpha value is -1.34. The molecule has 2 heterocycles. The van der Waals surface area contributed by atoms with Gasteiger partial charge in [0.15, 0.2) is 0 Å². The second-order valence-electron chi connectivity index (χ2n) is 5.61. The molecule has 0 radical (unpaired) electrons. The van der Waals surface area contributed by atoms with Crippen molar-refractivity contribution in [2.75, 3.05) is 26.8 Å². The molecule has 3 unspecified atom stereocenters. The van der Waals surface area contributed by atoms with E-state index in [1.165, 1.54) is 18.4 Å². The predicted octanol–water partition coefficient (Wildman–Crippen LogP) is 0.829. The Morgan fingerprint density at radius 1 is 1.43 bits per heavy atom. The van der Waals surface area contributed by atoms with Gasteiger partial charge in [-0.05, 0) is 25.7 Å². The summed E-state index contributed by atoms with van der Waals surface area (Å²) in [5, 5.41) is 12.0. The number of hydrogen-bond acceptors (Lipinski definition) is 4. The average molecular weight is 300 g/mol. The zero-order valence-electron chi connectivity index (χ0n) is 12.4. The standard InChI is InChI=1S/C14H24N2O5/c1-20-11-8-12(13(17)18)16(9-11)14(19)15-6-5-10-4-2-3-7-21-10/h10-12H,2-9H2,1H3,(H,15,19)(H,17,18). The van der Waals surface area contributed by atoms with Crippen LogP contribution in [0.1, 0.15) is 32.1 Å². The number of methoxy groups -OCH3 is 1. The van der Waals surface area contributed by atoms with Gasteiger partial charge in [0.25, 0.3) is 0 Å². The Balaban J connectivity index is 1.77. The zero-order chi connectivity index (χ0) is 15.2. The average Bonchev–Trinajstić information content (AvgIpc) is 2.93. The summed E-state index contributed by atoms with van der Waals surface area (Å²) in [4.78, 5) is 24.7. The Morgan fingerprint density at radius 3 is 2.86 bits per heavy atom. The van der Waals surface area contributed by atoms with Crippen molar-refractivity contribution in [3.05, 3.63) is 0 Å². The molecule has 2 aliphatic rings. The maximum Gasteiger partial charge on any atom is 0.326 e. The van der Waals surface area contributed by atoms with Gasteiger partial charge < -0.3 is 24.8 Å². The molecule has 0 spiro atoms. The molecule has 2 fully saturated rings. The van der Waals surface area contributed by atoms with Crippen LogP contribution in [0.5, 0.6) is 0 Å². The molecule has 120 valence electrons. The quantitative estimate of drug-likeness (QED) is 0.785. The van der Waals surface area contributed by atoms with Crippen LogP contribution in [0.4, 0.5) is 4.79 Å². The van der Waals surface area contributed by atoms with Crippen LogP contribution in [0.2, 0.25) is 0 Å². The normalized spacial score (nSPS) is 29.4. The van der Waals surface area contributed by atoms with Crippen molar-refractivity contribution in [2.24, 2.45) is 0 Å². The number of carboxylic acid groups (broad SMARTS) is 1. The molecule has 3 atom stereocenters. The van der Waals surface area contributed by atoms with E-state index in [1.54, 1.807) is 0 Å². The lowest BCUT2D eigenvalue weighted by Crippen LogP contribution is -2.46. The summed E-state index contributed by atoms with van der Waals surface area (Å²) in [5.74, 6) is -0.986. The lowest BCUT2D eigenvalue weighted by Gasteiger charge is -2.24. The fourth-order valence-electron chi connectivity index (χ4n) is 2.90. The first-order valence-corrected chi connectivity index (χ1v) is 7.53. The van der Waals surface area contributed by atoms with Gasteiger partial charge >= 0.3 is 12.0 Å². The van der Waals surface area contributed by atoms with E-state index >= 15 is 0 Å². The highest BCUT2D eigenvalue weighted by atomic mass is 16.5. The maximum absolute atomic E-state index is 12.1. The molecule has 0 aromatic heterocycles. The molecule has 2 N–H and O–H groups in total. The second-order valence-corrected chi connectivity index (χ2v) is 5.61. The molecule has 0 aromatic rings. The van der Waals surface area contributed by atoms with Crippen molar-refractivity contribution in [1.29, 1.82) is 0 Å². The molecule has 0 aliphatic carbocycles. The van der Waals surface area contributed by atoms with E-state index in [1.807, 2.05) is 0 Å². The first-order valence-electron chi connectivity index (χ1n) is 7.53. The molecule has 2 saturated heterocycles. The largest absolute Gasteiger partial charge is 0.480 e. The highest BCUT2D eigenvalue weighted by molar-refractivity contribution is 5.83. The summed E-state index contributed by atoms with van der Waals surface area (Å²) in [7, 11) is 1.53. The van der Waals surface area contributed by atoms with Gasteiger partial charge in [0.1, 0.15) is 6.04 Å². The van der Waals surface area contributed by atoms with E-state index < -0.39 is 12.0 Å². The van der Waals surface area contributed by atoms with Crippen LogP contribution in [0.15, 0.2) is 0 Å². The van der Waals surface area contributed by atoms with Gasteiger partial charge in [0.2, 0.25) is 0 Å². The molecule has 0 saturated carbocycles. The van der Waals surface area contributed by atoms with Gasteiger partial charge in [-0.1, -0.05) is 0 Å². The van der Waals surface area contributed by atoms with Crippen LogP contribution in [0, 0.1) is 0 Å². The molecular formula is C14H24N2O5. The van der Waals surface area contributed by atoms with E-state index in [9.17, 15) is 14.7 Å². The number of likely N-dealkylation sites (tertiary alicyclic amines) is 1. The molecule has 7 heteroatoms. The fraction of sp³-hybridized carbons (Fsp3) is 0.857. The smallest absolute Gasteiger partial charge is 0.326 e. The van der Waals surface area contributed by atoms with E-state index in [0.29, 0.717) is 19.5 Å². The minimum atomic E-state index is -0.986. The summed E-state index contributed by atoms with van der Waals surface area (Å²) >= 11 is 0. The number of urea groups is 1. The number of ether oxygens (including phenoxy) is 2. The first kappa shape index (κ1) is 16.0. The van der Waals surface area contributed by atoms with Crippen LogP contribution in [-0.4, -0.2) is 67.1 Å². The summed E-state index contributed by atoms with van der Waals surface area (Å²) in [6.45, 7) is 1.62. The van der Waals surface area contributed by atoms with Gasteiger partial charge in [-0.3, -0.25) is 0 Å². The minimum absolute atomic E-state index is 0.208. The van der Waals surface area contributed by atoms with E-state index in [0.717, 1.165) is 25.9 Å². The SMILES string of the molecule is COC1CC(C(=O)O)N(C(=O)NCCC2CCCCO2)C1. The number of carbonyl (C=O) groups is 2. The van der Waals surface area contributed by atoms with Crippen molar-refractivity contribution in [2.45, 2.75) is 50.4 Å². The van der Waals surface area contributed by atoms with Gasteiger partial charge in [-0.25, -0.2) is 9.59 Å². The van der Waals surface area contributed by atoms with Crippen molar-refractivity contribution in [3.8, 4) is 0 Å². The van der Waals surface area contributed by atoms with Crippen LogP contribution >= 0.6 is 0 Å². The molecule has 21 heavy (non-hydrogen) atoms. The number of hydrogen-bond donors (Lipinski definition) is 2. The maximum atomic E-state index is 12.1. The predicted molar refractivity (Wildman–Crippen MR) is 75.2 cm³/mol. The lowest BCUT2D eigenvalue weighted by atomic mass is 10.1. The molecular weight excluding hydrogens is 276 g/mol. The Bertz CT molecular complexity index is 370. The zero-order valence-corrected chi connectivity index (χ0v) is 12.4. The monoisotopic (exact) mass is 300 g/mol. The van der Waals surface area contributed by atoms with Crippen molar-refractivity contribution in [1.82, 2.24) is 10.2 Å². The number of aliphatic carboxylic acids is 1. The van der Waals surface area contributed by atoms with Crippen molar-refractivity contribution in [3.63, 3.8) is 0 Å². The number of nitrogens with zero attached hydrogens (tertiary/aromatic N) is 1. The highest BCUT2D eigenvalue weighted by Gasteiger charge is 2.39. The third-order valence-corrected chi connectivity index (χ3v) is 4.16. The molecule has 2 aliphatic heterocycles. The Morgan fingerprint density at radius 2 is 2.24 bits per heavy atom. The number of carboxylic acids is 1. The van der Waals surface area contributed by atoms with Gasteiger partial charge in [-0.2, -0.15) is 0 Å². The molecule has 0 bridgehead atoms. The van der Waals surface area contributed by atoms with Crippen LogP contribution < -0.4 is 5.32 Å². The Labute approximate surface area is 124 Å². The van der Waals surface area contributed by atoms with E-state index in [2.05, 4.69) is 5.32 Å². The lowest BCUT2D eigenvalue weighted by molar-refractivity contribution is -0.141. The third-order valence-electron chi connectivity index (χ3n) is 4.16. The number of carbonyl (C=O) groups excluding carboxylic acids is 1. The Kier molecular flexibility index (Phi) is 5.81. The van der Waals surface area contributed by atoms with Gasteiger partial charge in [0, 0.05) is 33.2 Å². The van der Waals surface area contributed by atoms with Crippen molar-refractivity contribution < 1.29 is 24.2 Å². The number of rotatable bonds is 5. The summed E-state index contributed by atoms with van der Waals surface area (Å²) in [5.41, 5.74) is 0. The fourth-order valence-corrected chi connectivity index (χ4v) is 2.90. The minimum Gasteiger partial charge on any atom is -0.480 e. The van der Waals surface area contributed by atoms with E-state index in [-0.39, 0.29) is 18.2 Å². The molecule has 7 nitrogen and oxygen atoms in total. The van der Waals surface area contributed by atoms with Crippen LogP contribution in [0.25, 0.3) is 0 Å². The summed E-state index contributed by atoms with van der Waals surface area (Å²) in [6, 6.07) is -1.14. The topological polar surface area (TPSA) is 88.1 Å². The first-order chi connectivity index (χ1) is 10.1. The van der Waals surface area contributed by atoms with Crippen LogP contribution in [0.3, 0.4) is 0 Å². The third kappa shape index (κ3) is 4.31. The van der Waals surface area contributed by atoms with Crippen molar-refractivity contribution >= 4 is 12.0 Å². The summed E-state index contributed by atoms with van der Waals surface area (Å²) < 4.78 is 10.8. The van der Waals surface area contributed by atoms with E-state index in [4.69, 9.17) is 9.47 Å². The van der Waals surface area contributed by atoms with Crippen LogP contribution in [-0.2, 0) is 14.3 Å². The molecule has 2 rings (SSSR count).